The van der Waals surface area contributed by atoms with Gasteiger partial charge in [-0.2, -0.15) is 5.26 Å². The Morgan fingerprint density at radius 3 is 2.21 bits per heavy atom. The van der Waals surface area contributed by atoms with E-state index in [4.69, 9.17) is 5.26 Å². The first-order valence-corrected chi connectivity index (χ1v) is 7.30. The molecule has 0 radical (unpaired) electrons. The Bertz CT molecular complexity index is 454. The highest BCUT2D eigenvalue weighted by atomic mass is 14.9. The molecule has 1 aliphatic rings. The smallest absolute Gasteiger partial charge is 0.0655 e. The first-order chi connectivity index (χ1) is 9.10. The minimum Gasteiger partial charge on any atom is -0.310 e. The minimum atomic E-state index is 0.292. The first-order valence-electron chi connectivity index (χ1n) is 7.30. The van der Waals surface area contributed by atoms with E-state index in [1.54, 1.807) is 0 Å². The van der Waals surface area contributed by atoms with Crippen molar-refractivity contribution in [3.63, 3.8) is 0 Å². The van der Waals surface area contributed by atoms with Crippen LogP contribution in [0.2, 0.25) is 0 Å². The normalized spacial score (nSPS) is 23.1. The third kappa shape index (κ3) is 3.58. The standard InChI is InChI=1S/C17H24N2/c1-12-8-13(2)17(14(3)9-12)11-19-16-6-4-15(10-18)5-7-16/h8-9,15-16,19H,4-7,11H2,1-3H3. The van der Waals surface area contributed by atoms with Crippen LogP contribution in [0.4, 0.5) is 0 Å². The van der Waals surface area contributed by atoms with Crippen LogP contribution in [0.3, 0.4) is 0 Å². The molecule has 0 heterocycles. The Morgan fingerprint density at radius 2 is 1.68 bits per heavy atom. The second-order valence-electron chi connectivity index (χ2n) is 5.94. The van der Waals surface area contributed by atoms with Gasteiger partial charge in [0.1, 0.15) is 0 Å². The molecule has 2 rings (SSSR count). The molecule has 1 aliphatic carbocycles. The number of nitriles is 1. The molecule has 0 amide bonds. The van der Waals surface area contributed by atoms with Gasteiger partial charge in [-0.15, -0.1) is 0 Å². The molecule has 0 saturated heterocycles. The quantitative estimate of drug-likeness (QED) is 0.893. The molecule has 2 nitrogen and oxygen atoms in total. The van der Waals surface area contributed by atoms with E-state index in [1.807, 2.05) is 0 Å². The summed E-state index contributed by atoms with van der Waals surface area (Å²) in [5.74, 6) is 0.292. The van der Waals surface area contributed by atoms with Crippen LogP contribution in [0.25, 0.3) is 0 Å². The molecule has 1 saturated carbocycles. The van der Waals surface area contributed by atoms with E-state index in [1.165, 1.54) is 22.3 Å². The topological polar surface area (TPSA) is 35.8 Å². The van der Waals surface area contributed by atoms with Gasteiger partial charge in [0.2, 0.25) is 0 Å². The van der Waals surface area contributed by atoms with Crippen molar-refractivity contribution in [3.05, 3.63) is 34.4 Å². The maximum absolute atomic E-state index is 8.91. The van der Waals surface area contributed by atoms with Crippen LogP contribution in [0, 0.1) is 38.0 Å². The molecule has 19 heavy (non-hydrogen) atoms. The lowest BCUT2D eigenvalue weighted by atomic mass is 9.87. The lowest BCUT2D eigenvalue weighted by Gasteiger charge is -2.26. The Kier molecular flexibility index (Phi) is 4.61. The van der Waals surface area contributed by atoms with Crippen LogP contribution in [-0.2, 0) is 6.54 Å². The minimum absolute atomic E-state index is 0.292. The summed E-state index contributed by atoms with van der Waals surface area (Å²) >= 11 is 0. The lowest BCUT2D eigenvalue weighted by Crippen LogP contribution is -2.32. The fourth-order valence-corrected chi connectivity index (χ4v) is 3.16. The van der Waals surface area contributed by atoms with Crippen molar-refractivity contribution in [1.29, 1.82) is 5.26 Å². The predicted octanol–water partition coefficient (Wildman–Crippen LogP) is 3.78. The van der Waals surface area contributed by atoms with Gasteiger partial charge >= 0.3 is 0 Å². The molecule has 1 aromatic rings. The average molecular weight is 256 g/mol. The molecule has 0 spiro atoms. The molecule has 102 valence electrons. The van der Waals surface area contributed by atoms with Crippen LogP contribution >= 0.6 is 0 Å². The Balaban J connectivity index is 1.92. The van der Waals surface area contributed by atoms with Gasteiger partial charge < -0.3 is 5.32 Å². The Hall–Kier alpha value is -1.33. The first kappa shape index (κ1) is 14.1. The second-order valence-corrected chi connectivity index (χ2v) is 5.94. The Labute approximate surface area is 116 Å². The van der Waals surface area contributed by atoms with Gasteiger partial charge in [-0.25, -0.2) is 0 Å². The summed E-state index contributed by atoms with van der Waals surface area (Å²) in [4.78, 5) is 0. The molecule has 0 bridgehead atoms. The zero-order valence-corrected chi connectivity index (χ0v) is 12.3. The highest BCUT2D eigenvalue weighted by molar-refractivity contribution is 5.37. The fourth-order valence-electron chi connectivity index (χ4n) is 3.16. The van der Waals surface area contributed by atoms with Gasteiger partial charge in [0.15, 0.2) is 0 Å². The Morgan fingerprint density at radius 1 is 1.11 bits per heavy atom. The van der Waals surface area contributed by atoms with Crippen LogP contribution in [0.5, 0.6) is 0 Å². The molecular weight excluding hydrogens is 232 g/mol. The lowest BCUT2D eigenvalue weighted by molar-refractivity contribution is 0.331. The van der Waals surface area contributed by atoms with E-state index in [9.17, 15) is 0 Å². The van der Waals surface area contributed by atoms with Crippen molar-refractivity contribution in [3.8, 4) is 6.07 Å². The zero-order valence-electron chi connectivity index (χ0n) is 12.3. The van der Waals surface area contributed by atoms with Crippen LogP contribution in [-0.4, -0.2) is 6.04 Å². The van der Waals surface area contributed by atoms with E-state index in [0.717, 1.165) is 32.2 Å². The molecule has 2 heteroatoms. The van der Waals surface area contributed by atoms with Crippen LogP contribution in [0.1, 0.15) is 47.9 Å². The van der Waals surface area contributed by atoms with E-state index in [0.29, 0.717) is 12.0 Å². The number of aryl methyl sites for hydroxylation is 3. The van der Waals surface area contributed by atoms with E-state index in [-0.39, 0.29) is 0 Å². The SMILES string of the molecule is Cc1cc(C)c(CNC2CCC(C#N)CC2)c(C)c1. The molecule has 1 N–H and O–H groups in total. The summed E-state index contributed by atoms with van der Waals surface area (Å²) in [7, 11) is 0. The number of hydrogen-bond donors (Lipinski definition) is 1. The van der Waals surface area contributed by atoms with Crippen molar-refractivity contribution < 1.29 is 0 Å². The van der Waals surface area contributed by atoms with Gasteiger partial charge in [0, 0.05) is 18.5 Å². The van der Waals surface area contributed by atoms with Crippen LogP contribution in [0.15, 0.2) is 12.1 Å². The van der Waals surface area contributed by atoms with Crippen molar-refractivity contribution in [2.45, 2.75) is 59.0 Å². The number of rotatable bonds is 3. The predicted molar refractivity (Wildman–Crippen MR) is 78.9 cm³/mol. The van der Waals surface area contributed by atoms with Crippen molar-refractivity contribution in [1.82, 2.24) is 5.32 Å². The van der Waals surface area contributed by atoms with Gasteiger partial charge in [-0.05, 0) is 63.1 Å². The van der Waals surface area contributed by atoms with Gasteiger partial charge in [0.05, 0.1) is 6.07 Å². The number of hydrogen-bond acceptors (Lipinski definition) is 2. The summed E-state index contributed by atoms with van der Waals surface area (Å²) < 4.78 is 0. The monoisotopic (exact) mass is 256 g/mol. The molecule has 0 unspecified atom stereocenters. The molecule has 0 aliphatic heterocycles. The number of benzene rings is 1. The molecule has 0 atom stereocenters. The highest BCUT2D eigenvalue weighted by Crippen LogP contribution is 2.24. The molecule has 1 fully saturated rings. The van der Waals surface area contributed by atoms with Gasteiger partial charge in [0.25, 0.3) is 0 Å². The largest absolute Gasteiger partial charge is 0.310 e. The summed E-state index contributed by atoms with van der Waals surface area (Å²) in [5, 5.41) is 12.6. The summed E-state index contributed by atoms with van der Waals surface area (Å²) in [5.41, 5.74) is 5.55. The summed E-state index contributed by atoms with van der Waals surface area (Å²) in [6.45, 7) is 7.51. The van der Waals surface area contributed by atoms with E-state index < -0.39 is 0 Å². The summed E-state index contributed by atoms with van der Waals surface area (Å²) in [6, 6.07) is 7.50. The van der Waals surface area contributed by atoms with Crippen molar-refractivity contribution >= 4 is 0 Å². The van der Waals surface area contributed by atoms with E-state index in [2.05, 4.69) is 44.3 Å². The third-order valence-electron chi connectivity index (χ3n) is 4.32. The van der Waals surface area contributed by atoms with Crippen molar-refractivity contribution in [2.75, 3.05) is 0 Å². The highest BCUT2D eigenvalue weighted by Gasteiger charge is 2.20. The fraction of sp³-hybridized carbons (Fsp3) is 0.588. The molecule has 0 aromatic heterocycles. The summed E-state index contributed by atoms with van der Waals surface area (Å²) in [6.07, 6.45) is 4.39. The molecule has 1 aromatic carbocycles. The average Bonchev–Trinajstić information content (AvgIpc) is 2.38. The third-order valence-corrected chi connectivity index (χ3v) is 4.32. The van der Waals surface area contributed by atoms with E-state index >= 15 is 0 Å². The van der Waals surface area contributed by atoms with Crippen molar-refractivity contribution in [2.24, 2.45) is 5.92 Å². The van der Waals surface area contributed by atoms with Gasteiger partial charge in [-0.3, -0.25) is 0 Å². The van der Waals surface area contributed by atoms with Crippen LogP contribution < -0.4 is 5.32 Å². The zero-order chi connectivity index (χ0) is 13.8. The maximum atomic E-state index is 8.91. The number of nitrogens with one attached hydrogen (secondary N) is 1. The number of nitrogens with zero attached hydrogens (tertiary/aromatic N) is 1. The van der Waals surface area contributed by atoms with Gasteiger partial charge in [-0.1, -0.05) is 17.7 Å². The second kappa shape index (κ2) is 6.21. The molecular formula is C17H24N2. The maximum Gasteiger partial charge on any atom is 0.0655 e.